The van der Waals surface area contributed by atoms with Crippen molar-refractivity contribution in [3.05, 3.63) is 42.1 Å². The molecule has 0 aliphatic carbocycles. The van der Waals surface area contributed by atoms with Crippen molar-refractivity contribution < 1.29 is 9.53 Å². The zero-order valence-electron chi connectivity index (χ0n) is 10.7. The second kappa shape index (κ2) is 4.76. The fourth-order valence-corrected chi connectivity index (χ4v) is 2.23. The first kappa shape index (κ1) is 11.8. The smallest absolute Gasteiger partial charge is 0.266 e. The van der Waals surface area contributed by atoms with Crippen LogP contribution in [0.5, 0.6) is 5.75 Å². The van der Waals surface area contributed by atoms with Gasteiger partial charge in [0.2, 0.25) is 0 Å². The summed E-state index contributed by atoms with van der Waals surface area (Å²) >= 11 is 0. The molecule has 1 N–H and O–H groups in total. The lowest BCUT2D eigenvalue weighted by Gasteiger charge is -2.12. The number of carbonyl (C=O) groups is 1. The van der Waals surface area contributed by atoms with Crippen LogP contribution in [-0.2, 0) is 17.8 Å². The molecule has 1 amide bonds. The number of hydrogen-bond donors (Lipinski definition) is 1. The first-order valence-corrected chi connectivity index (χ1v) is 6.35. The minimum atomic E-state index is -0.461. The number of nitrogens with zero attached hydrogens (tertiary/aromatic N) is 2. The van der Waals surface area contributed by atoms with E-state index in [-0.39, 0.29) is 5.91 Å². The summed E-state index contributed by atoms with van der Waals surface area (Å²) in [6, 6.07) is 9.52. The minimum absolute atomic E-state index is 0.133. The van der Waals surface area contributed by atoms with Crippen LogP contribution < -0.4 is 10.1 Å². The van der Waals surface area contributed by atoms with Crippen molar-refractivity contribution in [2.45, 2.75) is 26.0 Å². The van der Waals surface area contributed by atoms with Crippen LogP contribution in [0.25, 0.3) is 0 Å². The van der Waals surface area contributed by atoms with Crippen LogP contribution >= 0.6 is 0 Å². The van der Waals surface area contributed by atoms with Gasteiger partial charge in [0.05, 0.1) is 6.20 Å². The lowest BCUT2D eigenvalue weighted by atomic mass is 10.1. The minimum Gasteiger partial charge on any atom is -0.480 e. The van der Waals surface area contributed by atoms with Gasteiger partial charge < -0.3 is 10.1 Å². The normalized spacial score (nSPS) is 16.8. The van der Waals surface area contributed by atoms with Gasteiger partial charge >= 0.3 is 0 Å². The molecule has 2 heterocycles. The monoisotopic (exact) mass is 257 g/mol. The summed E-state index contributed by atoms with van der Waals surface area (Å²) in [6.45, 7) is 2.69. The molecule has 1 aliphatic rings. The molecule has 0 fully saturated rings. The average molecular weight is 257 g/mol. The molecule has 19 heavy (non-hydrogen) atoms. The zero-order chi connectivity index (χ0) is 13.2. The van der Waals surface area contributed by atoms with Gasteiger partial charge in [0.1, 0.15) is 11.6 Å². The van der Waals surface area contributed by atoms with Gasteiger partial charge in [-0.05, 0) is 18.6 Å². The van der Waals surface area contributed by atoms with Crippen LogP contribution in [-0.4, -0.2) is 21.8 Å². The predicted octanol–water partition coefficient (Wildman–Crippen LogP) is 1.85. The summed E-state index contributed by atoms with van der Waals surface area (Å²) < 4.78 is 7.39. The maximum Gasteiger partial charge on any atom is 0.266 e. The van der Waals surface area contributed by atoms with E-state index in [4.69, 9.17) is 4.74 Å². The standard InChI is InChI=1S/C14H15N3O2/c1-2-17-13(7-8-15-17)16-14(18)12-9-10-5-3-4-6-11(10)19-12/h3-8,12H,2,9H2,1H3,(H,16,18)/t12-/m0/s1. The van der Waals surface area contributed by atoms with Crippen molar-refractivity contribution in [3.63, 3.8) is 0 Å². The number of carbonyl (C=O) groups excluding carboxylic acids is 1. The van der Waals surface area contributed by atoms with E-state index < -0.39 is 6.10 Å². The van der Waals surface area contributed by atoms with E-state index in [2.05, 4.69) is 10.4 Å². The predicted molar refractivity (Wildman–Crippen MR) is 71.1 cm³/mol. The molecule has 0 spiro atoms. The molecular formula is C14H15N3O2. The van der Waals surface area contributed by atoms with Crippen molar-refractivity contribution in [3.8, 4) is 5.75 Å². The third-order valence-corrected chi connectivity index (χ3v) is 3.21. The van der Waals surface area contributed by atoms with Gasteiger partial charge in [0.25, 0.3) is 5.91 Å². The Morgan fingerprint density at radius 1 is 1.47 bits per heavy atom. The zero-order valence-corrected chi connectivity index (χ0v) is 10.7. The number of nitrogens with one attached hydrogen (secondary N) is 1. The van der Waals surface area contributed by atoms with Crippen molar-refractivity contribution in [2.24, 2.45) is 0 Å². The second-order valence-electron chi connectivity index (χ2n) is 4.44. The van der Waals surface area contributed by atoms with E-state index >= 15 is 0 Å². The topological polar surface area (TPSA) is 56.2 Å². The Kier molecular flexibility index (Phi) is 2.95. The second-order valence-corrected chi connectivity index (χ2v) is 4.44. The number of benzene rings is 1. The maximum atomic E-state index is 12.2. The number of rotatable bonds is 3. The van der Waals surface area contributed by atoms with Crippen LogP contribution in [0.2, 0.25) is 0 Å². The van der Waals surface area contributed by atoms with Crippen LogP contribution in [0.1, 0.15) is 12.5 Å². The summed E-state index contributed by atoms with van der Waals surface area (Å²) in [5, 5.41) is 6.97. The number of anilines is 1. The van der Waals surface area contributed by atoms with Gasteiger partial charge in [-0.3, -0.25) is 4.79 Å². The lowest BCUT2D eigenvalue weighted by Crippen LogP contribution is -2.32. The molecule has 0 bridgehead atoms. The van der Waals surface area contributed by atoms with Gasteiger partial charge in [-0.25, -0.2) is 4.68 Å². The number of aryl methyl sites for hydroxylation is 1. The first-order valence-electron chi connectivity index (χ1n) is 6.35. The van der Waals surface area contributed by atoms with Gasteiger partial charge in [-0.15, -0.1) is 0 Å². The van der Waals surface area contributed by atoms with E-state index in [1.54, 1.807) is 16.9 Å². The van der Waals surface area contributed by atoms with Crippen molar-refractivity contribution in [1.29, 1.82) is 0 Å². The summed E-state index contributed by atoms with van der Waals surface area (Å²) in [4.78, 5) is 12.2. The van der Waals surface area contributed by atoms with Crippen LogP contribution in [0.4, 0.5) is 5.82 Å². The molecule has 3 rings (SSSR count). The van der Waals surface area contributed by atoms with Crippen molar-refractivity contribution >= 4 is 11.7 Å². The van der Waals surface area contributed by atoms with Crippen molar-refractivity contribution in [2.75, 3.05) is 5.32 Å². The van der Waals surface area contributed by atoms with Crippen molar-refractivity contribution in [1.82, 2.24) is 9.78 Å². The number of amides is 1. The largest absolute Gasteiger partial charge is 0.480 e. The molecule has 0 radical (unpaired) electrons. The third-order valence-electron chi connectivity index (χ3n) is 3.21. The van der Waals surface area contributed by atoms with E-state index in [1.165, 1.54) is 0 Å². The number of aromatic nitrogens is 2. The Labute approximate surface area is 111 Å². The molecule has 2 aromatic rings. The Balaban J connectivity index is 1.70. The number of para-hydroxylation sites is 1. The molecule has 0 unspecified atom stereocenters. The van der Waals surface area contributed by atoms with Gasteiger partial charge in [-0.1, -0.05) is 18.2 Å². The highest BCUT2D eigenvalue weighted by Gasteiger charge is 2.29. The first-order chi connectivity index (χ1) is 9.28. The van der Waals surface area contributed by atoms with E-state index in [1.807, 2.05) is 31.2 Å². The van der Waals surface area contributed by atoms with E-state index in [0.29, 0.717) is 18.8 Å². The number of fused-ring (bicyclic) bond motifs is 1. The van der Waals surface area contributed by atoms with E-state index in [0.717, 1.165) is 11.3 Å². The van der Waals surface area contributed by atoms with Crippen LogP contribution in [0, 0.1) is 0 Å². The van der Waals surface area contributed by atoms with Crippen LogP contribution in [0.3, 0.4) is 0 Å². The third kappa shape index (κ3) is 2.19. The molecule has 1 atom stereocenters. The fraction of sp³-hybridized carbons (Fsp3) is 0.286. The molecule has 0 saturated carbocycles. The Morgan fingerprint density at radius 3 is 3.11 bits per heavy atom. The molecule has 1 aromatic carbocycles. The lowest BCUT2D eigenvalue weighted by molar-refractivity contribution is -0.122. The van der Waals surface area contributed by atoms with Gasteiger partial charge in [0.15, 0.2) is 6.10 Å². The average Bonchev–Trinajstić information content (AvgIpc) is 3.03. The highest BCUT2D eigenvalue weighted by atomic mass is 16.5. The molecule has 1 aliphatic heterocycles. The Bertz CT molecular complexity index is 581. The molecule has 1 aromatic heterocycles. The summed E-state index contributed by atoms with van der Waals surface area (Å²) in [5.74, 6) is 1.37. The molecule has 0 saturated heterocycles. The Hall–Kier alpha value is -2.30. The quantitative estimate of drug-likeness (QED) is 0.912. The Morgan fingerprint density at radius 2 is 2.32 bits per heavy atom. The summed E-state index contributed by atoms with van der Waals surface area (Å²) in [5.41, 5.74) is 1.08. The van der Waals surface area contributed by atoms with Crippen LogP contribution in [0.15, 0.2) is 36.5 Å². The summed E-state index contributed by atoms with van der Waals surface area (Å²) in [7, 11) is 0. The SMILES string of the molecule is CCn1nccc1NC(=O)[C@@H]1Cc2ccccc2O1. The highest BCUT2D eigenvalue weighted by Crippen LogP contribution is 2.28. The molecular weight excluding hydrogens is 242 g/mol. The van der Waals surface area contributed by atoms with E-state index in [9.17, 15) is 4.79 Å². The number of hydrogen-bond acceptors (Lipinski definition) is 3. The molecule has 98 valence electrons. The fourth-order valence-electron chi connectivity index (χ4n) is 2.23. The maximum absolute atomic E-state index is 12.2. The highest BCUT2D eigenvalue weighted by molar-refractivity contribution is 5.94. The van der Waals surface area contributed by atoms with Gasteiger partial charge in [-0.2, -0.15) is 5.10 Å². The number of ether oxygens (including phenoxy) is 1. The molecule has 5 heteroatoms. The summed E-state index contributed by atoms with van der Waals surface area (Å²) in [6.07, 6.45) is 1.82. The van der Waals surface area contributed by atoms with Gasteiger partial charge in [0, 0.05) is 19.0 Å². The molecule has 5 nitrogen and oxygen atoms in total.